The smallest absolute Gasteiger partial charge is 0.228 e. The molecule has 29 heavy (non-hydrogen) atoms. The molecule has 2 aliphatic rings. The van der Waals surface area contributed by atoms with Crippen LogP contribution in [0.1, 0.15) is 23.1 Å². The number of aryl methyl sites for hydroxylation is 2. The fraction of sp³-hybridized carbons (Fsp3) is 0.391. The number of hydrogen-bond donors (Lipinski definition) is 0. The van der Waals surface area contributed by atoms with E-state index in [0.717, 1.165) is 11.3 Å². The van der Waals surface area contributed by atoms with Crippen molar-refractivity contribution in [2.75, 3.05) is 31.7 Å². The van der Waals surface area contributed by atoms with Crippen LogP contribution in [0.25, 0.3) is 0 Å². The Morgan fingerprint density at radius 3 is 2.62 bits per heavy atom. The van der Waals surface area contributed by atoms with Crippen molar-refractivity contribution in [1.82, 2.24) is 4.90 Å². The van der Waals surface area contributed by atoms with Crippen molar-refractivity contribution in [2.45, 2.75) is 26.8 Å². The highest BCUT2D eigenvalue weighted by Crippen LogP contribution is 2.36. The zero-order valence-corrected chi connectivity index (χ0v) is 17.1. The molecule has 0 aliphatic carbocycles. The van der Waals surface area contributed by atoms with Gasteiger partial charge in [-0.3, -0.25) is 9.59 Å². The largest absolute Gasteiger partial charge is 0.486 e. The summed E-state index contributed by atoms with van der Waals surface area (Å²) in [5.41, 5.74) is 4.24. The second-order valence-electron chi connectivity index (χ2n) is 7.86. The first-order valence-corrected chi connectivity index (χ1v) is 9.93. The van der Waals surface area contributed by atoms with E-state index in [1.807, 2.05) is 18.2 Å². The van der Waals surface area contributed by atoms with Gasteiger partial charge in [-0.1, -0.05) is 23.8 Å². The summed E-state index contributed by atoms with van der Waals surface area (Å²) in [6.07, 6.45) is 0.227. The number of nitrogens with zero attached hydrogens (tertiary/aromatic N) is 2. The number of fused-ring (bicyclic) bond motifs is 1. The summed E-state index contributed by atoms with van der Waals surface area (Å²) in [6.45, 7) is 6.06. The van der Waals surface area contributed by atoms with Gasteiger partial charge in [0.05, 0.1) is 5.92 Å². The van der Waals surface area contributed by atoms with Crippen molar-refractivity contribution in [3.8, 4) is 11.5 Å². The molecule has 2 aromatic rings. The molecule has 2 aliphatic heterocycles. The topological polar surface area (TPSA) is 59.1 Å². The van der Waals surface area contributed by atoms with E-state index in [4.69, 9.17) is 9.47 Å². The molecule has 1 unspecified atom stereocenters. The average molecular weight is 394 g/mol. The van der Waals surface area contributed by atoms with Gasteiger partial charge in [0.25, 0.3) is 0 Å². The molecule has 0 aromatic heterocycles. The van der Waals surface area contributed by atoms with Crippen LogP contribution < -0.4 is 14.4 Å². The molecule has 0 saturated carbocycles. The van der Waals surface area contributed by atoms with Gasteiger partial charge in [-0.2, -0.15) is 0 Å². The molecule has 1 saturated heterocycles. The number of amides is 2. The van der Waals surface area contributed by atoms with Gasteiger partial charge in [0.1, 0.15) is 13.2 Å². The average Bonchev–Trinajstić information content (AvgIpc) is 3.10. The third-order valence-electron chi connectivity index (χ3n) is 5.59. The lowest BCUT2D eigenvalue weighted by Crippen LogP contribution is -2.34. The zero-order chi connectivity index (χ0) is 20.5. The van der Waals surface area contributed by atoms with Crippen LogP contribution in [-0.4, -0.2) is 43.5 Å². The summed E-state index contributed by atoms with van der Waals surface area (Å²) >= 11 is 0. The van der Waals surface area contributed by atoms with E-state index in [-0.39, 0.29) is 24.2 Å². The number of carbonyl (C=O) groups is 2. The fourth-order valence-corrected chi connectivity index (χ4v) is 3.99. The Morgan fingerprint density at radius 1 is 1.10 bits per heavy atom. The summed E-state index contributed by atoms with van der Waals surface area (Å²) in [6, 6.07) is 11.7. The molecule has 2 heterocycles. The molecule has 152 valence electrons. The normalized spacial score (nSPS) is 18.1. The molecule has 2 aromatic carbocycles. The Kier molecular flexibility index (Phi) is 5.18. The van der Waals surface area contributed by atoms with E-state index in [9.17, 15) is 9.59 Å². The van der Waals surface area contributed by atoms with E-state index >= 15 is 0 Å². The van der Waals surface area contributed by atoms with Crippen LogP contribution in [-0.2, 0) is 16.1 Å². The molecular formula is C23H26N2O4. The summed E-state index contributed by atoms with van der Waals surface area (Å²) in [7, 11) is 1.80. The maximum Gasteiger partial charge on any atom is 0.228 e. The van der Waals surface area contributed by atoms with Gasteiger partial charge in [0.2, 0.25) is 11.8 Å². The lowest BCUT2D eigenvalue weighted by molar-refractivity contribution is -0.135. The Hall–Kier alpha value is -3.02. The van der Waals surface area contributed by atoms with Crippen molar-refractivity contribution in [2.24, 2.45) is 5.92 Å². The number of anilines is 1. The highest BCUT2D eigenvalue weighted by atomic mass is 16.6. The maximum atomic E-state index is 13.0. The number of rotatable bonds is 4. The summed E-state index contributed by atoms with van der Waals surface area (Å²) < 4.78 is 11.2. The molecule has 1 fully saturated rings. The Balaban J connectivity index is 1.45. The molecule has 1 atom stereocenters. The molecule has 0 spiro atoms. The predicted octanol–water partition coefficient (Wildman–Crippen LogP) is 3.09. The summed E-state index contributed by atoms with van der Waals surface area (Å²) in [5, 5.41) is 0. The number of ether oxygens (including phenoxy) is 2. The van der Waals surface area contributed by atoms with E-state index < -0.39 is 0 Å². The van der Waals surface area contributed by atoms with Crippen molar-refractivity contribution < 1.29 is 19.1 Å². The highest BCUT2D eigenvalue weighted by Gasteiger charge is 2.37. The molecule has 0 bridgehead atoms. The first-order valence-electron chi connectivity index (χ1n) is 9.93. The van der Waals surface area contributed by atoms with E-state index in [1.54, 1.807) is 16.8 Å². The summed E-state index contributed by atoms with van der Waals surface area (Å²) in [5.74, 6) is 0.945. The number of carbonyl (C=O) groups excluding carboxylic acids is 2. The van der Waals surface area contributed by atoms with Gasteiger partial charge in [0.15, 0.2) is 11.5 Å². The van der Waals surface area contributed by atoms with Gasteiger partial charge >= 0.3 is 0 Å². The van der Waals surface area contributed by atoms with Crippen LogP contribution in [0.3, 0.4) is 0 Å². The van der Waals surface area contributed by atoms with Crippen LogP contribution in [0.4, 0.5) is 5.69 Å². The van der Waals surface area contributed by atoms with E-state index in [2.05, 4.69) is 32.0 Å². The van der Waals surface area contributed by atoms with Gasteiger partial charge in [-0.15, -0.1) is 0 Å². The SMILES string of the molecule is Cc1ccc(CN(C)C(=O)C2CC(=O)N(c3ccc4c(c3)OCCO4)C2)c(C)c1. The van der Waals surface area contributed by atoms with Crippen LogP contribution in [0.15, 0.2) is 36.4 Å². The Labute approximate surface area is 171 Å². The highest BCUT2D eigenvalue weighted by molar-refractivity contribution is 6.00. The van der Waals surface area contributed by atoms with Crippen LogP contribution in [0.5, 0.6) is 11.5 Å². The third-order valence-corrected chi connectivity index (χ3v) is 5.59. The standard InChI is InChI=1S/C23H26N2O4/c1-15-4-5-17(16(2)10-15)13-24(3)23(27)18-11-22(26)25(14-18)19-6-7-20-21(12-19)29-9-8-28-20/h4-7,10,12,18H,8-9,11,13-14H2,1-3H3. The third kappa shape index (κ3) is 3.92. The van der Waals surface area contributed by atoms with E-state index in [0.29, 0.717) is 37.8 Å². The second-order valence-corrected chi connectivity index (χ2v) is 7.86. The van der Waals surface area contributed by atoms with Crippen molar-refractivity contribution in [3.05, 3.63) is 53.1 Å². The summed E-state index contributed by atoms with van der Waals surface area (Å²) in [4.78, 5) is 29.0. The monoisotopic (exact) mass is 394 g/mol. The van der Waals surface area contributed by atoms with Crippen molar-refractivity contribution >= 4 is 17.5 Å². The second kappa shape index (κ2) is 7.78. The number of benzene rings is 2. The van der Waals surface area contributed by atoms with Gasteiger partial charge in [-0.05, 0) is 37.1 Å². The maximum absolute atomic E-state index is 13.0. The fourth-order valence-electron chi connectivity index (χ4n) is 3.99. The molecule has 4 rings (SSSR count). The van der Waals surface area contributed by atoms with Crippen LogP contribution in [0.2, 0.25) is 0 Å². The minimum Gasteiger partial charge on any atom is -0.486 e. The molecule has 6 heteroatoms. The molecule has 6 nitrogen and oxygen atoms in total. The lowest BCUT2D eigenvalue weighted by atomic mass is 10.0. The van der Waals surface area contributed by atoms with Crippen molar-refractivity contribution in [3.63, 3.8) is 0 Å². The predicted molar refractivity (Wildman–Crippen MR) is 110 cm³/mol. The number of hydrogen-bond acceptors (Lipinski definition) is 4. The van der Waals surface area contributed by atoms with Gasteiger partial charge in [-0.25, -0.2) is 0 Å². The minimum atomic E-state index is -0.341. The van der Waals surface area contributed by atoms with Gasteiger partial charge < -0.3 is 19.3 Å². The van der Waals surface area contributed by atoms with Crippen LogP contribution >= 0.6 is 0 Å². The zero-order valence-electron chi connectivity index (χ0n) is 17.1. The Bertz CT molecular complexity index is 956. The molecule has 0 N–H and O–H groups in total. The first kappa shape index (κ1) is 19.3. The Morgan fingerprint density at radius 2 is 1.86 bits per heavy atom. The lowest BCUT2D eigenvalue weighted by Gasteiger charge is -2.23. The molecule has 2 amide bonds. The molecule has 0 radical (unpaired) electrons. The van der Waals surface area contributed by atoms with Crippen LogP contribution in [0, 0.1) is 19.8 Å². The van der Waals surface area contributed by atoms with Crippen molar-refractivity contribution in [1.29, 1.82) is 0 Å². The molecular weight excluding hydrogens is 368 g/mol. The first-order chi connectivity index (χ1) is 13.9. The van der Waals surface area contributed by atoms with Gasteiger partial charge in [0, 0.05) is 38.3 Å². The quantitative estimate of drug-likeness (QED) is 0.800. The van der Waals surface area contributed by atoms with E-state index in [1.165, 1.54) is 11.1 Å². The minimum absolute atomic E-state index is 0.00151.